The third-order valence-corrected chi connectivity index (χ3v) is 8.90. The van der Waals surface area contributed by atoms with Crippen LogP contribution in [0, 0.1) is 5.92 Å². The fourth-order valence-corrected chi connectivity index (χ4v) is 6.79. The molecule has 2 heterocycles. The van der Waals surface area contributed by atoms with Gasteiger partial charge in [-0.1, -0.05) is 0 Å². The van der Waals surface area contributed by atoms with Crippen molar-refractivity contribution in [3.8, 4) is 0 Å². The summed E-state index contributed by atoms with van der Waals surface area (Å²) in [5.41, 5.74) is 0.515. The Kier molecular flexibility index (Phi) is 6.30. The molecule has 1 aromatic rings. The predicted octanol–water partition coefficient (Wildman–Crippen LogP) is 0.349. The lowest BCUT2D eigenvalue weighted by atomic mass is 9.97. The monoisotopic (exact) mass is 443 g/mol. The number of rotatable bonds is 5. The molecule has 0 radical (unpaired) electrons. The van der Waals surface area contributed by atoms with E-state index < -0.39 is 19.9 Å². The average Bonchev–Trinajstić information content (AvgIpc) is 3.00. The Hall–Kier alpha value is -1.98. The van der Waals surface area contributed by atoms with Crippen LogP contribution in [0.5, 0.6) is 0 Å². The summed E-state index contributed by atoms with van der Waals surface area (Å²) in [7, 11) is -6.75. The molecule has 29 heavy (non-hydrogen) atoms. The molecule has 0 spiro atoms. The molecule has 0 aliphatic carbocycles. The second-order valence-corrected chi connectivity index (χ2v) is 11.7. The van der Waals surface area contributed by atoms with E-state index in [0.717, 1.165) is 0 Å². The molecule has 2 amide bonds. The minimum Gasteiger partial charge on any atom is -0.352 e. The molecule has 1 atom stereocenters. The Morgan fingerprint density at radius 1 is 1.07 bits per heavy atom. The lowest BCUT2D eigenvalue weighted by Crippen LogP contribution is -2.45. The summed E-state index contributed by atoms with van der Waals surface area (Å²) in [6.45, 7) is 1.81. The molecule has 2 N–H and O–H groups in total. The van der Waals surface area contributed by atoms with Gasteiger partial charge in [0.2, 0.25) is 21.8 Å². The molecule has 0 saturated carbocycles. The number of nitrogens with one attached hydrogen (secondary N) is 2. The van der Waals surface area contributed by atoms with Crippen molar-refractivity contribution in [3.63, 3.8) is 0 Å². The number of sulfone groups is 1. The third-order valence-electron chi connectivity index (χ3n) is 5.22. The quantitative estimate of drug-likeness (QED) is 0.675. The number of sulfonamides is 1. The maximum atomic E-state index is 12.8. The highest BCUT2D eigenvalue weighted by molar-refractivity contribution is 7.91. The van der Waals surface area contributed by atoms with Crippen LogP contribution in [0.4, 0.5) is 5.69 Å². The Morgan fingerprint density at radius 3 is 2.21 bits per heavy atom. The number of benzene rings is 1. The van der Waals surface area contributed by atoms with Gasteiger partial charge in [0.15, 0.2) is 9.84 Å². The number of nitrogens with zero attached hydrogens (tertiary/aromatic N) is 1. The Balaban J connectivity index is 1.56. The summed E-state index contributed by atoms with van der Waals surface area (Å²) < 4.78 is 50.0. The van der Waals surface area contributed by atoms with E-state index in [1.807, 2.05) is 0 Å². The maximum Gasteiger partial charge on any atom is 0.243 e. The highest BCUT2D eigenvalue weighted by Gasteiger charge is 2.34. The number of hydrogen-bond donors (Lipinski definition) is 2. The van der Waals surface area contributed by atoms with Crippen LogP contribution in [0.3, 0.4) is 0 Å². The summed E-state index contributed by atoms with van der Waals surface area (Å²) >= 11 is 0. The molecule has 3 rings (SSSR count). The van der Waals surface area contributed by atoms with Gasteiger partial charge in [0.1, 0.15) is 0 Å². The van der Waals surface area contributed by atoms with Crippen molar-refractivity contribution >= 4 is 37.4 Å². The molecule has 2 fully saturated rings. The molecule has 0 aromatic heterocycles. The smallest absolute Gasteiger partial charge is 0.243 e. The van der Waals surface area contributed by atoms with Crippen molar-refractivity contribution in [1.29, 1.82) is 0 Å². The van der Waals surface area contributed by atoms with Crippen LogP contribution in [-0.2, 0) is 29.4 Å². The second-order valence-electron chi connectivity index (χ2n) is 7.49. The number of amides is 2. The lowest BCUT2D eigenvalue weighted by molar-refractivity contribution is -0.126. The van der Waals surface area contributed by atoms with Gasteiger partial charge in [-0.2, -0.15) is 4.31 Å². The summed E-state index contributed by atoms with van der Waals surface area (Å²) in [5, 5.41) is 5.38. The van der Waals surface area contributed by atoms with Crippen molar-refractivity contribution < 1.29 is 26.4 Å². The van der Waals surface area contributed by atoms with E-state index in [1.54, 1.807) is 0 Å². The first-order valence-corrected chi connectivity index (χ1v) is 12.7. The zero-order valence-corrected chi connectivity index (χ0v) is 17.8. The number of piperidine rings is 1. The van der Waals surface area contributed by atoms with Gasteiger partial charge in [0.25, 0.3) is 0 Å². The summed E-state index contributed by atoms with van der Waals surface area (Å²) in [6, 6.07) is 5.60. The first-order chi connectivity index (χ1) is 13.6. The van der Waals surface area contributed by atoms with E-state index in [9.17, 15) is 26.4 Å². The largest absolute Gasteiger partial charge is 0.352 e. The average molecular weight is 444 g/mol. The van der Waals surface area contributed by atoms with E-state index in [4.69, 9.17) is 0 Å². The van der Waals surface area contributed by atoms with E-state index in [-0.39, 0.29) is 53.3 Å². The summed E-state index contributed by atoms with van der Waals surface area (Å²) in [5.74, 6) is -0.706. The highest BCUT2D eigenvalue weighted by Crippen LogP contribution is 2.25. The molecule has 2 aliphatic heterocycles. The van der Waals surface area contributed by atoms with Crippen LogP contribution in [0.15, 0.2) is 29.2 Å². The van der Waals surface area contributed by atoms with Crippen LogP contribution in [-0.4, -0.2) is 63.6 Å². The van der Waals surface area contributed by atoms with Gasteiger partial charge >= 0.3 is 0 Å². The molecule has 2 saturated heterocycles. The van der Waals surface area contributed by atoms with Gasteiger partial charge in [-0.3, -0.25) is 9.59 Å². The SMILES string of the molecule is CC(=O)Nc1ccc(S(=O)(=O)N2CCC(C(=O)N[C@@H]3CCS(=O)(=O)C3)CC2)cc1. The van der Waals surface area contributed by atoms with Gasteiger partial charge in [-0.05, 0) is 43.5 Å². The Bertz CT molecular complexity index is 981. The normalized spacial score (nSPS) is 22.9. The highest BCUT2D eigenvalue weighted by atomic mass is 32.2. The first kappa shape index (κ1) is 21.7. The van der Waals surface area contributed by atoms with E-state index in [2.05, 4.69) is 10.6 Å². The summed E-state index contributed by atoms with van der Waals surface area (Å²) in [4.78, 5) is 23.6. The third kappa shape index (κ3) is 5.34. The number of hydrogen-bond acceptors (Lipinski definition) is 6. The standard InChI is InChI=1S/C18H25N3O6S2/c1-13(22)19-15-2-4-17(5-3-15)29(26,27)21-9-6-14(7-10-21)18(23)20-16-8-11-28(24,25)12-16/h2-5,14,16H,6-12H2,1H3,(H,19,22)(H,20,23)/t16-/m1/s1. The molecular weight excluding hydrogens is 418 g/mol. The molecule has 0 unspecified atom stereocenters. The van der Waals surface area contributed by atoms with Crippen LogP contribution in [0.2, 0.25) is 0 Å². The van der Waals surface area contributed by atoms with Gasteiger partial charge in [-0.15, -0.1) is 0 Å². The fraction of sp³-hybridized carbons (Fsp3) is 0.556. The van der Waals surface area contributed by atoms with Crippen molar-refractivity contribution in [2.75, 3.05) is 29.9 Å². The number of carbonyl (C=O) groups is 2. The molecule has 9 nitrogen and oxygen atoms in total. The molecule has 0 bridgehead atoms. The summed E-state index contributed by atoms with van der Waals surface area (Å²) in [6.07, 6.45) is 1.19. The van der Waals surface area contributed by atoms with Gasteiger partial charge < -0.3 is 10.6 Å². The van der Waals surface area contributed by atoms with Gasteiger partial charge in [0.05, 0.1) is 16.4 Å². The molecule has 160 valence electrons. The van der Waals surface area contributed by atoms with Gasteiger partial charge in [-0.25, -0.2) is 16.8 Å². The molecule has 1 aromatic carbocycles. The van der Waals surface area contributed by atoms with E-state index in [1.165, 1.54) is 35.5 Å². The van der Waals surface area contributed by atoms with E-state index in [0.29, 0.717) is 24.9 Å². The van der Waals surface area contributed by atoms with Crippen LogP contribution >= 0.6 is 0 Å². The van der Waals surface area contributed by atoms with Crippen LogP contribution < -0.4 is 10.6 Å². The second kappa shape index (κ2) is 8.41. The molecular formula is C18H25N3O6S2. The molecule has 2 aliphatic rings. The predicted molar refractivity (Wildman–Crippen MR) is 107 cm³/mol. The first-order valence-electron chi connectivity index (χ1n) is 9.45. The Labute approximate surface area is 170 Å². The minimum atomic E-state index is -3.68. The van der Waals surface area contributed by atoms with Crippen LogP contribution in [0.1, 0.15) is 26.2 Å². The minimum absolute atomic E-state index is 0.0273. The van der Waals surface area contributed by atoms with Gasteiger partial charge in [0, 0.05) is 37.7 Å². The molecule has 11 heteroatoms. The van der Waals surface area contributed by atoms with Crippen molar-refractivity contribution in [1.82, 2.24) is 9.62 Å². The Morgan fingerprint density at radius 2 is 1.69 bits per heavy atom. The zero-order chi connectivity index (χ0) is 21.2. The van der Waals surface area contributed by atoms with E-state index >= 15 is 0 Å². The van der Waals surface area contributed by atoms with Crippen molar-refractivity contribution in [3.05, 3.63) is 24.3 Å². The fourth-order valence-electron chi connectivity index (χ4n) is 3.65. The van der Waals surface area contributed by atoms with Crippen molar-refractivity contribution in [2.24, 2.45) is 5.92 Å². The maximum absolute atomic E-state index is 12.8. The van der Waals surface area contributed by atoms with Crippen molar-refractivity contribution in [2.45, 2.75) is 37.1 Å². The topological polar surface area (TPSA) is 130 Å². The zero-order valence-electron chi connectivity index (χ0n) is 16.1. The number of carbonyl (C=O) groups excluding carboxylic acids is 2. The number of anilines is 1. The van der Waals surface area contributed by atoms with Crippen LogP contribution in [0.25, 0.3) is 0 Å². The lowest BCUT2D eigenvalue weighted by Gasteiger charge is -2.31.